The minimum Gasteiger partial charge on any atom is -0.467 e. The Morgan fingerprint density at radius 3 is 2.32 bits per heavy atom. The van der Waals surface area contributed by atoms with Gasteiger partial charge in [-0.3, -0.25) is 9.88 Å². The van der Waals surface area contributed by atoms with Gasteiger partial charge in [-0.25, -0.2) is 19.7 Å². The molecule has 1 aliphatic carbocycles. The Labute approximate surface area is 144 Å². The van der Waals surface area contributed by atoms with E-state index in [0.717, 1.165) is 25.7 Å². The third kappa shape index (κ3) is 3.82. The van der Waals surface area contributed by atoms with Gasteiger partial charge in [0.1, 0.15) is 0 Å². The van der Waals surface area contributed by atoms with E-state index < -0.39 is 6.09 Å². The second-order valence-electron chi connectivity index (χ2n) is 5.94. The SMILES string of the molecule is COc1ncc(-c2cnc(N(C(=O)O)C3CCC(N)CC3)cn2)cn1. The van der Waals surface area contributed by atoms with Gasteiger partial charge in [0.05, 0.1) is 25.2 Å². The summed E-state index contributed by atoms with van der Waals surface area (Å²) in [6.07, 6.45) is 8.17. The molecule has 3 N–H and O–H groups in total. The van der Waals surface area contributed by atoms with Crippen molar-refractivity contribution >= 4 is 11.9 Å². The number of amides is 1. The molecule has 0 saturated heterocycles. The monoisotopic (exact) mass is 344 g/mol. The Hall–Kier alpha value is -2.81. The first-order valence-corrected chi connectivity index (χ1v) is 8.04. The van der Waals surface area contributed by atoms with E-state index in [1.165, 1.54) is 24.4 Å². The van der Waals surface area contributed by atoms with Crippen molar-refractivity contribution in [1.29, 1.82) is 0 Å². The molecule has 1 fully saturated rings. The molecule has 9 heteroatoms. The maximum absolute atomic E-state index is 11.7. The van der Waals surface area contributed by atoms with Crippen LogP contribution in [0.3, 0.4) is 0 Å². The molecule has 132 valence electrons. The first kappa shape index (κ1) is 17.0. The van der Waals surface area contributed by atoms with Crippen molar-refractivity contribution in [2.75, 3.05) is 12.0 Å². The highest BCUT2D eigenvalue weighted by Crippen LogP contribution is 2.26. The molecule has 2 heterocycles. The highest BCUT2D eigenvalue weighted by molar-refractivity contribution is 5.85. The maximum Gasteiger partial charge on any atom is 0.413 e. The molecule has 2 aromatic rings. The maximum atomic E-state index is 11.7. The zero-order valence-electron chi connectivity index (χ0n) is 13.9. The summed E-state index contributed by atoms with van der Waals surface area (Å²) in [7, 11) is 1.49. The van der Waals surface area contributed by atoms with Gasteiger partial charge in [-0.1, -0.05) is 0 Å². The molecule has 0 atom stereocenters. The molecule has 0 unspecified atom stereocenters. The summed E-state index contributed by atoms with van der Waals surface area (Å²) in [5.74, 6) is 0.311. The van der Waals surface area contributed by atoms with Crippen LogP contribution in [0.15, 0.2) is 24.8 Å². The summed E-state index contributed by atoms with van der Waals surface area (Å²) < 4.78 is 4.92. The lowest BCUT2D eigenvalue weighted by Gasteiger charge is -2.33. The van der Waals surface area contributed by atoms with Crippen LogP contribution in [0.5, 0.6) is 6.01 Å². The molecule has 0 aliphatic heterocycles. The van der Waals surface area contributed by atoms with E-state index in [1.54, 1.807) is 12.4 Å². The highest BCUT2D eigenvalue weighted by Gasteiger charge is 2.29. The van der Waals surface area contributed by atoms with Gasteiger partial charge in [0.2, 0.25) is 0 Å². The summed E-state index contributed by atoms with van der Waals surface area (Å²) in [6, 6.07) is 0.290. The second kappa shape index (κ2) is 7.39. The van der Waals surface area contributed by atoms with Gasteiger partial charge < -0.3 is 15.6 Å². The first-order chi connectivity index (χ1) is 12.1. The molecule has 0 radical (unpaired) electrons. The number of anilines is 1. The number of hydrogen-bond acceptors (Lipinski definition) is 7. The van der Waals surface area contributed by atoms with Gasteiger partial charge in [-0.05, 0) is 25.7 Å². The molecule has 3 rings (SSSR count). The fraction of sp³-hybridized carbons (Fsp3) is 0.438. The lowest BCUT2D eigenvalue weighted by atomic mass is 9.91. The predicted octanol–water partition coefficient (Wildman–Crippen LogP) is 1.70. The van der Waals surface area contributed by atoms with Crippen LogP contribution >= 0.6 is 0 Å². The Morgan fingerprint density at radius 1 is 1.12 bits per heavy atom. The van der Waals surface area contributed by atoms with E-state index >= 15 is 0 Å². The second-order valence-corrected chi connectivity index (χ2v) is 5.94. The number of carboxylic acid groups (broad SMARTS) is 1. The van der Waals surface area contributed by atoms with Crippen LogP contribution in [0.1, 0.15) is 25.7 Å². The topological polar surface area (TPSA) is 127 Å². The first-order valence-electron chi connectivity index (χ1n) is 8.04. The minimum absolute atomic E-state index is 0.123. The number of nitrogens with zero attached hydrogens (tertiary/aromatic N) is 5. The highest BCUT2D eigenvalue weighted by atomic mass is 16.5. The standard InChI is InChI=1S/C16H20N6O3/c1-25-15-20-6-10(7-21-15)13-8-19-14(9-18-13)22(16(23)24)12-4-2-11(17)3-5-12/h6-9,11-12H,2-5,17H2,1H3,(H,23,24). The summed E-state index contributed by atoms with van der Waals surface area (Å²) in [4.78, 5) is 29.6. The van der Waals surface area contributed by atoms with Gasteiger partial charge in [0, 0.05) is 30.0 Å². The Balaban J connectivity index is 1.80. The molecule has 25 heavy (non-hydrogen) atoms. The molecule has 9 nitrogen and oxygen atoms in total. The van der Waals surface area contributed by atoms with Crippen molar-refractivity contribution in [1.82, 2.24) is 19.9 Å². The lowest BCUT2D eigenvalue weighted by molar-refractivity contribution is 0.195. The zero-order valence-corrected chi connectivity index (χ0v) is 13.9. The summed E-state index contributed by atoms with van der Waals surface area (Å²) >= 11 is 0. The smallest absolute Gasteiger partial charge is 0.413 e. The number of aromatic nitrogens is 4. The van der Waals surface area contributed by atoms with Crippen molar-refractivity contribution in [2.45, 2.75) is 37.8 Å². The minimum atomic E-state index is -1.03. The molecule has 1 saturated carbocycles. The van der Waals surface area contributed by atoms with Crippen molar-refractivity contribution in [3.8, 4) is 17.3 Å². The quantitative estimate of drug-likeness (QED) is 0.858. The van der Waals surface area contributed by atoms with E-state index in [9.17, 15) is 9.90 Å². The zero-order chi connectivity index (χ0) is 17.8. The molecule has 1 aliphatic rings. The Bertz CT molecular complexity index is 714. The Kier molecular flexibility index (Phi) is 5.03. The van der Waals surface area contributed by atoms with E-state index in [0.29, 0.717) is 17.1 Å². The van der Waals surface area contributed by atoms with Gasteiger partial charge in [0.15, 0.2) is 5.82 Å². The van der Waals surface area contributed by atoms with E-state index in [-0.39, 0.29) is 18.1 Å². The van der Waals surface area contributed by atoms with Gasteiger partial charge in [0.25, 0.3) is 0 Å². The normalized spacial score (nSPS) is 20.1. The third-order valence-electron chi connectivity index (χ3n) is 4.30. The van der Waals surface area contributed by atoms with Crippen molar-refractivity contribution in [2.24, 2.45) is 5.73 Å². The Morgan fingerprint density at radius 2 is 1.80 bits per heavy atom. The van der Waals surface area contributed by atoms with Crippen molar-refractivity contribution in [3.63, 3.8) is 0 Å². The van der Waals surface area contributed by atoms with E-state index in [2.05, 4.69) is 19.9 Å². The molecule has 0 spiro atoms. The van der Waals surface area contributed by atoms with Gasteiger partial charge in [-0.15, -0.1) is 0 Å². The summed E-state index contributed by atoms with van der Waals surface area (Å²) in [5, 5.41) is 9.58. The molecule has 0 bridgehead atoms. The summed E-state index contributed by atoms with van der Waals surface area (Å²) in [6.45, 7) is 0. The summed E-state index contributed by atoms with van der Waals surface area (Å²) in [5.41, 5.74) is 7.13. The fourth-order valence-corrected chi connectivity index (χ4v) is 2.95. The third-order valence-corrected chi connectivity index (χ3v) is 4.30. The number of rotatable bonds is 4. The van der Waals surface area contributed by atoms with E-state index in [4.69, 9.17) is 10.5 Å². The molecule has 2 aromatic heterocycles. The largest absolute Gasteiger partial charge is 0.467 e. The average molecular weight is 344 g/mol. The van der Waals surface area contributed by atoms with Crippen LogP contribution in [0, 0.1) is 0 Å². The average Bonchev–Trinajstić information content (AvgIpc) is 2.64. The van der Waals surface area contributed by atoms with Crippen LogP contribution in [0.4, 0.5) is 10.6 Å². The van der Waals surface area contributed by atoms with Crippen LogP contribution in [-0.4, -0.2) is 50.3 Å². The van der Waals surface area contributed by atoms with Gasteiger partial charge in [-0.2, -0.15) is 0 Å². The van der Waals surface area contributed by atoms with Gasteiger partial charge >= 0.3 is 12.1 Å². The van der Waals surface area contributed by atoms with Crippen LogP contribution in [-0.2, 0) is 0 Å². The number of ether oxygens (including phenoxy) is 1. The molecular weight excluding hydrogens is 324 g/mol. The molecule has 0 aromatic carbocycles. The number of hydrogen-bond donors (Lipinski definition) is 2. The van der Waals surface area contributed by atoms with Crippen LogP contribution in [0.2, 0.25) is 0 Å². The number of methoxy groups -OCH3 is 1. The van der Waals surface area contributed by atoms with Crippen LogP contribution < -0.4 is 15.4 Å². The molecule has 1 amide bonds. The predicted molar refractivity (Wildman–Crippen MR) is 90.3 cm³/mol. The van der Waals surface area contributed by atoms with E-state index in [1.807, 2.05) is 0 Å². The van der Waals surface area contributed by atoms with Crippen molar-refractivity contribution < 1.29 is 14.6 Å². The number of carbonyl (C=O) groups is 1. The van der Waals surface area contributed by atoms with Crippen LogP contribution in [0.25, 0.3) is 11.3 Å². The fourth-order valence-electron chi connectivity index (χ4n) is 2.95. The molecular formula is C16H20N6O3. The number of nitrogens with two attached hydrogens (primary N) is 1. The van der Waals surface area contributed by atoms with Crippen molar-refractivity contribution in [3.05, 3.63) is 24.8 Å². The lowest BCUT2D eigenvalue weighted by Crippen LogP contribution is -2.44.